The highest BCUT2D eigenvalue weighted by Gasteiger charge is 2.49. The first-order valence-corrected chi connectivity index (χ1v) is 12.4. The molecular formula is C27H30N4O4. The lowest BCUT2D eigenvalue weighted by Gasteiger charge is -2.44. The Labute approximate surface area is 204 Å². The zero-order valence-electron chi connectivity index (χ0n) is 20.1. The van der Waals surface area contributed by atoms with Crippen LogP contribution in [0.3, 0.4) is 0 Å². The number of ether oxygens (including phenoxy) is 2. The van der Waals surface area contributed by atoms with Gasteiger partial charge in [0.2, 0.25) is 12.7 Å². The van der Waals surface area contributed by atoms with Gasteiger partial charge >= 0.3 is 0 Å². The summed E-state index contributed by atoms with van der Waals surface area (Å²) in [5, 5.41) is 3.32. The number of hydrogen-bond acceptors (Lipinski definition) is 5. The molecule has 182 valence electrons. The van der Waals surface area contributed by atoms with Gasteiger partial charge < -0.3 is 24.3 Å². The van der Waals surface area contributed by atoms with Gasteiger partial charge in [-0.1, -0.05) is 38.0 Å². The number of para-hydroxylation sites is 2. The second kappa shape index (κ2) is 8.29. The third-order valence-corrected chi connectivity index (χ3v) is 7.85. The SMILES string of the molecule is CC1CCCCC1NC(=O)C1(C)Cn2c(nc3ccccc32)C(=O)N1Cc1ccc2c(c1)OCO2. The number of nitrogens with zero attached hydrogens (tertiary/aromatic N) is 3. The van der Waals surface area contributed by atoms with E-state index in [0.29, 0.717) is 29.8 Å². The molecule has 0 radical (unpaired) electrons. The van der Waals surface area contributed by atoms with Crippen molar-refractivity contribution in [3.8, 4) is 11.5 Å². The van der Waals surface area contributed by atoms with Crippen molar-refractivity contribution in [2.24, 2.45) is 5.92 Å². The number of aromatic nitrogens is 2. The van der Waals surface area contributed by atoms with E-state index in [9.17, 15) is 9.59 Å². The van der Waals surface area contributed by atoms with Crippen LogP contribution in [-0.2, 0) is 17.9 Å². The molecule has 3 heterocycles. The van der Waals surface area contributed by atoms with E-state index in [2.05, 4.69) is 17.2 Å². The Kier molecular flexibility index (Phi) is 5.20. The Bertz CT molecular complexity index is 1320. The minimum atomic E-state index is -1.08. The molecule has 0 bridgehead atoms. The zero-order chi connectivity index (χ0) is 24.2. The lowest BCUT2D eigenvalue weighted by atomic mass is 9.85. The number of benzene rings is 2. The summed E-state index contributed by atoms with van der Waals surface area (Å²) in [5.41, 5.74) is 1.41. The maximum atomic E-state index is 14.0. The largest absolute Gasteiger partial charge is 0.454 e. The van der Waals surface area contributed by atoms with Crippen LogP contribution in [0.1, 0.15) is 55.7 Å². The van der Waals surface area contributed by atoms with Crippen LogP contribution in [0.25, 0.3) is 11.0 Å². The molecule has 8 nitrogen and oxygen atoms in total. The van der Waals surface area contributed by atoms with Gasteiger partial charge in [-0.2, -0.15) is 0 Å². The summed E-state index contributed by atoms with van der Waals surface area (Å²) >= 11 is 0. The molecule has 1 aliphatic carbocycles. The van der Waals surface area contributed by atoms with Crippen LogP contribution in [0.5, 0.6) is 11.5 Å². The van der Waals surface area contributed by atoms with Crippen LogP contribution < -0.4 is 14.8 Å². The molecule has 1 N–H and O–H groups in total. The molecule has 1 aromatic heterocycles. The predicted octanol–water partition coefficient (Wildman–Crippen LogP) is 3.87. The molecule has 8 heteroatoms. The van der Waals surface area contributed by atoms with Crippen molar-refractivity contribution < 1.29 is 19.1 Å². The molecule has 2 aliphatic heterocycles. The number of fused-ring (bicyclic) bond motifs is 4. The molecule has 0 spiro atoms. The van der Waals surface area contributed by atoms with Crippen LogP contribution >= 0.6 is 0 Å². The number of hydrogen-bond donors (Lipinski definition) is 1. The van der Waals surface area contributed by atoms with E-state index in [4.69, 9.17) is 9.47 Å². The van der Waals surface area contributed by atoms with E-state index in [1.165, 1.54) is 6.42 Å². The Morgan fingerprint density at radius 3 is 2.80 bits per heavy atom. The highest BCUT2D eigenvalue weighted by atomic mass is 16.7. The summed E-state index contributed by atoms with van der Waals surface area (Å²) < 4.78 is 12.9. The first kappa shape index (κ1) is 21.9. The molecule has 3 aromatic rings. The van der Waals surface area contributed by atoms with Crippen molar-refractivity contribution in [1.29, 1.82) is 0 Å². The van der Waals surface area contributed by atoms with E-state index in [0.717, 1.165) is 35.9 Å². The first-order valence-electron chi connectivity index (χ1n) is 12.4. The number of nitrogens with one attached hydrogen (secondary N) is 1. The first-order chi connectivity index (χ1) is 16.9. The van der Waals surface area contributed by atoms with Gasteiger partial charge in [0, 0.05) is 12.6 Å². The third kappa shape index (κ3) is 3.63. The topological polar surface area (TPSA) is 85.7 Å². The lowest BCUT2D eigenvalue weighted by molar-refractivity contribution is -0.134. The Balaban J connectivity index is 1.39. The molecule has 1 saturated carbocycles. The Morgan fingerprint density at radius 2 is 1.94 bits per heavy atom. The van der Waals surface area contributed by atoms with Gasteiger partial charge in [-0.3, -0.25) is 9.59 Å². The number of carbonyl (C=O) groups excluding carboxylic acids is 2. The molecule has 3 aliphatic rings. The lowest BCUT2D eigenvalue weighted by Crippen LogP contribution is -2.65. The summed E-state index contributed by atoms with van der Waals surface area (Å²) in [6.45, 7) is 4.86. The smallest absolute Gasteiger partial charge is 0.291 e. The molecule has 3 unspecified atom stereocenters. The maximum absolute atomic E-state index is 14.0. The summed E-state index contributed by atoms with van der Waals surface area (Å²) in [6, 6.07) is 13.5. The second-order valence-corrected chi connectivity index (χ2v) is 10.2. The van der Waals surface area contributed by atoms with Crippen molar-refractivity contribution in [2.45, 2.75) is 64.2 Å². The monoisotopic (exact) mass is 474 g/mol. The van der Waals surface area contributed by atoms with Crippen molar-refractivity contribution in [3.63, 3.8) is 0 Å². The van der Waals surface area contributed by atoms with Crippen molar-refractivity contribution >= 4 is 22.8 Å². The minimum absolute atomic E-state index is 0.117. The van der Waals surface area contributed by atoms with Crippen molar-refractivity contribution in [2.75, 3.05) is 6.79 Å². The summed E-state index contributed by atoms with van der Waals surface area (Å²) in [7, 11) is 0. The fourth-order valence-corrected chi connectivity index (χ4v) is 5.65. The summed E-state index contributed by atoms with van der Waals surface area (Å²) in [6.07, 6.45) is 4.39. The van der Waals surface area contributed by atoms with Gasteiger partial charge in [-0.05, 0) is 55.5 Å². The highest BCUT2D eigenvalue weighted by Crippen LogP contribution is 2.36. The maximum Gasteiger partial charge on any atom is 0.291 e. The summed E-state index contributed by atoms with van der Waals surface area (Å²) in [4.78, 5) is 34.2. The van der Waals surface area contributed by atoms with Crippen molar-refractivity contribution in [3.05, 3.63) is 53.9 Å². The van der Waals surface area contributed by atoms with Crippen LogP contribution in [0.15, 0.2) is 42.5 Å². The highest BCUT2D eigenvalue weighted by molar-refractivity contribution is 6.01. The molecule has 6 rings (SSSR count). The van der Waals surface area contributed by atoms with Crippen LogP contribution in [0, 0.1) is 5.92 Å². The normalized spacial score (nSPS) is 25.5. The van der Waals surface area contributed by atoms with Crippen LogP contribution in [-0.4, -0.2) is 44.6 Å². The quantitative estimate of drug-likeness (QED) is 0.620. The van der Waals surface area contributed by atoms with E-state index in [1.807, 2.05) is 54.0 Å². The van der Waals surface area contributed by atoms with Gasteiger partial charge in [0.05, 0.1) is 17.6 Å². The average Bonchev–Trinajstić information content (AvgIpc) is 3.47. The molecule has 0 saturated heterocycles. The fourth-order valence-electron chi connectivity index (χ4n) is 5.65. The van der Waals surface area contributed by atoms with E-state index in [-0.39, 0.29) is 31.2 Å². The fraction of sp³-hybridized carbons (Fsp3) is 0.444. The molecule has 2 amide bonds. The number of rotatable bonds is 4. The van der Waals surface area contributed by atoms with Gasteiger partial charge in [0.25, 0.3) is 5.91 Å². The molecule has 3 atom stereocenters. The van der Waals surface area contributed by atoms with Crippen molar-refractivity contribution in [1.82, 2.24) is 19.8 Å². The average molecular weight is 475 g/mol. The second-order valence-electron chi connectivity index (χ2n) is 10.2. The third-order valence-electron chi connectivity index (χ3n) is 7.85. The standard InChI is InChI=1S/C27H30N4O4/c1-17-7-3-4-8-19(17)29-26(33)27(2)15-30-21-10-6-5-9-20(21)28-24(30)25(32)31(27)14-18-11-12-22-23(13-18)35-16-34-22/h5-6,9-13,17,19H,3-4,7-8,14-16H2,1-2H3,(H,29,33). The molecular weight excluding hydrogens is 444 g/mol. The van der Waals surface area contributed by atoms with Gasteiger partial charge in [-0.25, -0.2) is 4.98 Å². The predicted molar refractivity (Wildman–Crippen MR) is 130 cm³/mol. The van der Waals surface area contributed by atoms with Crippen LogP contribution in [0.2, 0.25) is 0 Å². The van der Waals surface area contributed by atoms with E-state index < -0.39 is 5.54 Å². The van der Waals surface area contributed by atoms with E-state index >= 15 is 0 Å². The molecule has 35 heavy (non-hydrogen) atoms. The van der Waals surface area contributed by atoms with Gasteiger partial charge in [0.1, 0.15) is 5.54 Å². The number of imidazole rings is 1. The number of carbonyl (C=O) groups is 2. The van der Waals surface area contributed by atoms with Crippen LogP contribution in [0.4, 0.5) is 0 Å². The summed E-state index contributed by atoms with van der Waals surface area (Å²) in [5.74, 6) is 1.76. The van der Waals surface area contributed by atoms with Gasteiger partial charge in [0.15, 0.2) is 17.3 Å². The zero-order valence-corrected chi connectivity index (χ0v) is 20.1. The Hall–Kier alpha value is -3.55. The molecule has 2 aromatic carbocycles. The number of amides is 2. The minimum Gasteiger partial charge on any atom is -0.454 e. The molecule has 1 fully saturated rings. The van der Waals surface area contributed by atoms with E-state index in [1.54, 1.807) is 4.90 Å². The Morgan fingerprint density at radius 1 is 1.14 bits per heavy atom. The van der Waals surface area contributed by atoms with Gasteiger partial charge in [-0.15, -0.1) is 0 Å².